The van der Waals surface area contributed by atoms with Crippen molar-refractivity contribution in [3.05, 3.63) is 82.9 Å². The summed E-state index contributed by atoms with van der Waals surface area (Å²) in [7, 11) is 1.52. The quantitative estimate of drug-likeness (QED) is 0.248. The Hall–Kier alpha value is -4.46. The van der Waals surface area contributed by atoms with E-state index in [2.05, 4.69) is 13.8 Å². The van der Waals surface area contributed by atoms with Crippen molar-refractivity contribution in [2.75, 3.05) is 31.8 Å². The number of methoxy groups -OCH3 is 1. The molecule has 0 aliphatic carbocycles. The molecule has 2 aliphatic heterocycles. The van der Waals surface area contributed by atoms with Gasteiger partial charge >= 0.3 is 0 Å². The molecule has 3 aromatic carbocycles. The summed E-state index contributed by atoms with van der Waals surface area (Å²) in [4.78, 5) is 28.5. The number of rotatable bonds is 7. The summed E-state index contributed by atoms with van der Waals surface area (Å²) in [5, 5.41) is 11.5. The second kappa shape index (κ2) is 10.7. The maximum absolute atomic E-state index is 13.6. The van der Waals surface area contributed by atoms with E-state index in [0.29, 0.717) is 65.6 Å². The van der Waals surface area contributed by atoms with Crippen LogP contribution in [0.25, 0.3) is 5.76 Å². The van der Waals surface area contributed by atoms with Gasteiger partial charge in [0.1, 0.15) is 30.5 Å². The number of aryl methyl sites for hydroxylation is 1. The van der Waals surface area contributed by atoms with Gasteiger partial charge in [0.25, 0.3) is 11.7 Å². The number of ether oxygens (including phenoxy) is 4. The zero-order valence-corrected chi connectivity index (χ0v) is 22.4. The van der Waals surface area contributed by atoms with Crippen molar-refractivity contribution in [3.63, 3.8) is 0 Å². The molecular formula is C31H31NO7. The Balaban J connectivity index is 1.65. The van der Waals surface area contributed by atoms with Gasteiger partial charge < -0.3 is 24.1 Å². The first-order valence-electron chi connectivity index (χ1n) is 12.9. The van der Waals surface area contributed by atoms with Crippen LogP contribution >= 0.6 is 0 Å². The summed E-state index contributed by atoms with van der Waals surface area (Å²) in [5.41, 5.74) is 2.17. The Kier molecular flexibility index (Phi) is 7.19. The Bertz CT molecular complexity index is 1460. The molecule has 8 nitrogen and oxygen atoms in total. The predicted molar refractivity (Wildman–Crippen MR) is 147 cm³/mol. The second-order valence-electron chi connectivity index (χ2n) is 9.92. The molecule has 0 bridgehead atoms. The van der Waals surface area contributed by atoms with Gasteiger partial charge in [0.05, 0.1) is 25.3 Å². The number of Topliss-reactive ketones (excluding diaryl/α,β-unsaturated/α-hetero) is 1. The van der Waals surface area contributed by atoms with E-state index in [4.69, 9.17) is 18.9 Å². The van der Waals surface area contributed by atoms with Crippen LogP contribution in [0, 0.1) is 12.8 Å². The smallest absolute Gasteiger partial charge is 0.300 e. The molecule has 1 amide bonds. The number of benzene rings is 3. The Morgan fingerprint density at radius 1 is 1.00 bits per heavy atom. The van der Waals surface area contributed by atoms with Crippen LogP contribution in [0.5, 0.6) is 23.0 Å². The van der Waals surface area contributed by atoms with Crippen LogP contribution in [0.4, 0.5) is 5.69 Å². The highest BCUT2D eigenvalue weighted by molar-refractivity contribution is 6.51. The molecule has 202 valence electrons. The van der Waals surface area contributed by atoms with E-state index in [9.17, 15) is 14.7 Å². The van der Waals surface area contributed by atoms with Crippen LogP contribution in [-0.2, 0) is 9.59 Å². The van der Waals surface area contributed by atoms with Crippen molar-refractivity contribution < 1.29 is 33.6 Å². The zero-order chi connectivity index (χ0) is 27.7. The highest BCUT2D eigenvalue weighted by Gasteiger charge is 2.48. The molecule has 3 aromatic rings. The number of anilines is 1. The monoisotopic (exact) mass is 529 g/mol. The van der Waals surface area contributed by atoms with Gasteiger partial charge in [0, 0.05) is 22.9 Å². The van der Waals surface area contributed by atoms with Crippen molar-refractivity contribution in [3.8, 4) is 23.0 Å². The molecule has 39 heavy (non-hydrogen) atoms. The fraction of sp³-hybridized carbons (Fsp3) is 0.290. The number of fused-ring (bicyclic) bond motifs is 1. The van der Waals surface area contributed by atoms with Gasteiger partial charge in [0.15, 0.2) is 11.5 Å². The van der Waals surface area contributed by atoms with Gasteiger partial charge in [-0.1, -0.05) is 32.0 Å². The third-order valence-corrected chi connectivity index (χ3v) is 6.70. The average Bonchev–Trinajstić information content (AvgIpc) is 3.21. The van der Waals surface area contributed by atoms with Gasteiger partial charge in [-0.25, -0.2) is 0 Å². The molecule has 8 heteroatoms. The number of ketones is 1. The van der Waals surface area contributed by atoms with Crippen LogP contribution in [0.15, 0.2) is 66.2 Å². The summed E-state index contributed by atoms with van der Waals surface area (Å²) in [6, 6.07) is 16.5. The Morgan fingerprint density at radius 2 is 1.74 bits per heavy atom. The van der Waals surface area contributed by atoms with Crippen molar-refractivity contribution in [1.29, 1.82) is 0 Å². The lowest BCUT2D eigenvalue weighted by atomic mass is 9.94. The number of carbonyl (C=O) groups is 2. The molecule has 0 spiro atoms. The number of aliphatic hydroxyl groups is 1. The first kappa shape index (κ1) is 26.2. The lowest BCUT2D eigenvalue weighted by Gasteiger charge is -2.28. The van der Waals surface area contributed by atoms with E-state index in [1.165, 1.54) is 12.0 Å². The second-order valence-corrected chi connectivity index (χ2v) is 9.92. The maximum Gasteiger partial charge on any atom is 0.300 e. The van der Waals surface area contributed by atoms with E-state index >= 15 is 0 Å². The molecule has 1 N–H and O–H groups in total. The summed E-state index contributed by atoms with van der Waals surface area (Å²) in [6.07, 6.45) is 0. The summed E-state index contributed by atoms with van der Waals surface area (Å²) < 4.78 is 22.8. The van der Waals surface area contributed by atoms with E-state index in [1.54, 1.807) is 60.7 Å². The fourth-order valence-electron chi connectivity index (χ4n) is 4.84. The largest absolute Gasteiger partial charge is 0.507 e. The molecule has 0 radical (unpaired) electrons. The van der Waals surface area contributed by atoms with Gasteiger partial charge in [-0.2, -0.15) is 0 Å². The third kappa shape index (κ3) is 4.90. The summed E-state index contributed by atoms with van der Waals surface area (Å²) in [6.45, 7) is 7.36. The lowest BCUT2D eigenvalue weighted by molar-refractivity contribution is -0.132. The minimum Gasteiger partial charge on any atom is -0.507 e. The number of para-hydroxylation sites is 1. The summed E-state index contributed by atoms with van der Waals surface area (Å²) in [5.74, 6) is 0.730. The van der Waals surface area contributed by atoms with Gasteiger partial charge in [-0.05, 0) is 54.8 Å². The lowest BCUT2D eigenvalue weighted by Crippen LogP contribution is -2.30. The molecule has 0 saturated carbocycles. The average molecular weight is 530 g/mol. The van der Waals surface area contributed by atoms with Gasteiger partial charge in [-0.15, -0.1) is 0 Å². The van der Waals surface area contributed by atoms with Crippen molar-refractivity contribution >= 4 is 23.1 Å². The molecule has 1 saturated heterocycles. The molecule has 1 fully saturated rings. The SMILES string of the molecule is COc1ccccc1C1/C(=C(\O)c2ccc(OCC(C)C)c(C)c2)C(=O)C(=O)N1c1ccc2c(c1)OCCO2. The Labute approximate surface area is 227 Å². The molecule has 5 rings (SSSR count). The third-order valence-electron chi connectivity index (χ3n) is 6.70. The van der Waals surface area contributed by atoms with Gasteiger partial charge in [-0.3, -0.25) is 14.5 Å². The number of hydrogen-bond donors (Lipinski definition) is 1. The van der Waals surface area contributed by atoms with Crippen LogP contribution < -0.4 is 23.8 Å². The maximum atomic E-state index is 13.6. The highest BCUT2D eigenvalue weighted by Crippen LogP contribution is 2.46. The number of aliphatic hydroxyl groups excluding tert-OH is 1. The normalized spacial score (nSPS) is 18.0. The van der Waals surface area contributed by atoms with E-state index in [1.807, 2.05) is 6.92 Å². The molecule has 2 heterocycles. The first-order chi connectivity index (χ1) is 18.8. The highest BCUT2D eigenvalue weighted by atomic mass is 16.6. The first-order valence-corrected chi connectivity index (χ1v) is 12.9. The topological polar surface area (TPSA) is 94.5 Å². The number of nitrogens with zero attached hydrogens (tertiary/aromatic N) is 1. The van der Waals surface area contributed by atoms with E-state index in [0.717, 1.165) is 5.56 Å². The van der Waals surface area contributed by atoms with E-state index in [-0.39, 0.29) is 11.3 Å². The molecule has 0 aromatic heterocycles. The van der Waals surface area contributed by atoms with Crippen LogP contribution in [-0.4, -0.2) is 43.7 Å². The molecule has 1 unspecified atom stereocenters. The Morgan fingerprint density at radius 3 is 2.46 bits per heavy atom. The minimum atomic E-state index is -0.944. The molecule has 2 aliphatic rings. The van der Waals surface area contributed by atoms with Crippen molar-refractivity contribution in [2.45, 2.75) is 26.8 Å². The number of amides is 1. The molecular weight excluding hydrogens is 498 g/mol. The summed E-state index contributed by atoms with van der Waals surface area (Å²) >= 11 is 0. The van der Waals surface area contributed by atoms with Gasteiger partial charge in [0.2, 0.25) is 0 Å². The molecule has 1 atom stereocenters. The predicted octanol–water partition coefficient (Wildman–Crippen LogP) is 5.44. The zero-order valence-electron chi connectivity index (χ0n) is 22.4. The van der Waals surface area contributed by atoms with Crippen molar-refractivity contribution in [2.24, 2.45) is 5.92 Å². The van der Waals surface area contributed by atoms with Crippen LogP contribution in [0.1, 0.15) is 36.6 Å². The standard InChI is InChI=1S/C31H31NO7/c1-18(2)17-39-23-11-9-20(15-19(23)3)29(33)27-28(22-7-5-6-8-24(22)36-4)32(31(35)30(27)34)21-10-12-25-26(16-21)38-14-13-37-25/h5-12,15-16,18,28,33H,13-14,17H2,1-4H3/b29-27+. The van der Waals surface area contributed by atoms with Crippen molar-refractivity contribution in [1.82, 2.24) is 0 Å². The number of hydrogen-bond acceptors (Lipinski definition) is 7. The minimum absolute atomic E-state index is 0.0327. The van der Waals surface area contributed by atoms with Crippen LogP contribution in [0.2, 0.25) is 0 Å². The number of carbonyl (C=O) groups excluding carboxylic acids is 2. The van der Waals surface area contributed by atoms with E-state index < -0.39 is 17.7 Å². The van der Waals surface area contributed by atoms with Crippen LogP contribution in [0.3, 0.4) is 0 Å². The fourth-order valence-corrected chi connectivity index (χ4v) is 4.84.